The van der Waals surface area contributed by atoms with Crippen molar-refractivity contribution in [3.63, 3.8) is 0 Å². The third-order valence-electron chi connectivity index (χ3n) is 4.05. The van der Waals surface area contributed by atoms with E-state index in [0.29, 0.717) is 5.92 Å². The number of benzene rings is 2. The summed E-state index contributed by atoms with van der Waals surface area (Å²) in [5.74, 6) is 1.99. The normalized spacial score (nSPS) is 18.5. The van der Waals surface area contributed by atoms with Gasteiger partial charge in [-0.05, 0) is 18.6 Å². The van der Waals surface area contributed by atoms with Gasteiger partial charge in [0.2, 0.25) is 0 Å². The number of hydrogen-bond acceptors (Lipinski definition) is 3. The fourth-order valence-corrected chi connectivity index (χ4v) is 4.45. The van der Waals surface area contributed by atoms with Gasteiger partial charge in [0.15, 0.2) is 11.0 Å². The van der Waals surface area contributed by atoms with Crippen molar-refractivity contribution < 1.29 is 0 Å². The molecule has 1 aliphatic carbocycles. The summed E-state index contributed by atoms with van der Waals surface area (Å²) < 4.78 is 1.53. The molecule has 1 fully saturated rings. The maximum absolute atomic E-state index is 6.14. The van der Waals surface area contributed by atoms with E-state index >= 15 is 0 Å². The van der Waals surface area contributed by atoms with Crippen LogP contribution in [0, 0.1) is 5.92 Å². The molecule has 0 spiro atoms. The molecule has 1 aliphatic rings. The van der Waals surface area contributed by atoms with Crippen molar-refractivity contribution in [2.45, 2.75) is 15.9 Å². The van der Waals surface area contributed by atoms with Gasteiger partial charge in [-0.1, -0.05) is 60.3 Å². The van der Waals surface area contributed by atoms with Crippen molar-refractivity contribution in [1.29, 1.82) is 0 Å². The minimum Gasteiger partial charge on any atom is -0.270 e. The summed E-state index contributed by atoms with van der Waals surface area (Å²) >= 11 is 13.9. The van der Waals surface area contributed by atoms with Gasteiger partial charge in [-0.25, -0.2) is 0 Å². The molecule has 1 heterocycles. The van der Waals surface area contributed by atoms with E-state index < -0.39 is 4.33 Å². The van der Waals surface area contributed by atoms with Crippen LogP contribution in [0.25, 0.3) is 17.1 Å². The number of aromatic nitrogens is 3. The number of alkyl halides is 2. The molecule has 3 nitrogen and oxygen atoms in total. The highest BCUT2D eigenvalue weighted by atomic mass is 35.5. The molecule has 0 N–H and O–H groups in total. The van der Waals surface area contributed by atoms with Crippen LogP contribution in [-0.4, -0.2) is 24.9 Å². The third-order valence-corrected chi connectivity index (χ3v) is 6.07. The van der Waals surface area contributed by atoms with Gasteiger partial charge in [-0.2, -0.15) is 0 Å². The van der Waals surface area contributed by atoms with Gasteiger partial charge < -0.3 is 0 Å². The van der Waals surface area contributed by atoms with Crippen LogP contribution >= 0.6 is 35.0 Å². The SMILES string of the molecule is ClC1(Cl)CC1CSc1nnc(-c2ccccc2)n1-c1ccccc1. The Morgan fingerprint density at radius 2 is 1.62 bits per heavy atom. The molecular weight excluding hydrogens is 361 g/mol. The van der Waals surface area contributed by atoms with Crippen molar-refractivity contribution >= 4 is 35.0 Å². The lowest BCUT2D eigenvalue weighted by molar-refractivity contribution is 0.877. The summed E-state index contributed by atoms with van der Waals surface area (Å²) in [6, 6.07) is 20.2. The van der Waals surface area contributed by atoms with Crippen LogP contribution in [0.15, 0.2) is 65.8 Å². The molecule has 24 heavy (non-hydrogen) atoms. The third kappa shape index (κ3) is 3.18. The second-order valence-electron chi connectivity index (χ2n) is 5.82. The quantitative estimate of drug-likeness (QED) is 0.452. The van der Waals surface area contributed by atoms with Gasteiger partial charge in [0.25, 0.3) is 0 Å². The Bertz CT molecular complexity index is 834. The van der Waals surface area contributed by atoms with E-state index in [1.165, 1.54) is 0 Å². The van der Waals surface area contributed by atoms with Gasteiger partial charge in [-0.3, -0.25) is 4.57 Å². The second-order valence-corrected chi connectivity index (χ2v) is 8.35. The van der Waals surface area contributed by atoms with Gasteiger partial charge in [0.05, 0.1) is 0 Å². The van der Waals surface area contributed by atoms with Crippen LogP contribution in [-0.2, 0) is 0 Å². The van der Waals surface area contributed by atoms with Gasteiger partial charge >= 0.3 is 0 Å². The molecule has 1 atom stereocenters. The Morgan fingerprint density at radius 3 is 2.25 bits per heavy atom. The van der Waals surface area contributed by atoms with E-state index in [0.717, 1.165) is 34.4 Å². The molecule has 0 saturated heterocycles. The van der Waals surface area contributed by atoms with Crippen molar-refractivity contribution in [1.82, 2.24) is 14.8 Å². The molecular formula is C18H15Cl2N3S. The van der Waals surface area contributed by atoms with Crippen LogP contribution in [0.1, 0.15) is 6.42 Å². The topological polar surface area (TPSA) is 30.7 Å². The van der Waals surface area contributed by atoms with Crippen LogP contribution in [0.5, 0.6) is 0 Å². The zero-order chi connectivity index (χ0) is 16.6. The fraction of sp³-hybridized carbons (Fsp3) is 0.222. The molecule has 1 saturated carbocycles. The molecule has 122 valence electrons. The Morgan fingerprint density at radius 1 is 1.00 bits per heavy atom. The van der Waals surface area contributed by atoms with Crippen molar-refractivity contribution in [3.05, 3.63) is 60.7 Å². The molecule has 0 aliphatic heterocycles. The fourth-order valence-electron chi connectivity index (χ4n) is 2.57. The summed E-state index contributed by atoms with van der Waals surface area (Å²) in [5.41, 5.74) is 2.08. The first kappa shape index (κ1) is 16.0. The molecule has 6 heteroatoms. The minimum atomic E-state index is -0.563. The molecule has 0 bridgehead atoms. The molecule has 2 aromatic carbocycles. The highest BCUT2D eigenvalue weighted by Gasteiger charge is 2.51. The first-order valence-corrected chi connectivity index (χ1v) is 9.46. The summed E-state index contributed by atoms with van der Waals surface area (Å²) in [6.45, 7) is 0. The van der Waals surface area contributed by atoms with Gasteiger partial charge in [-0.15, -0.1) is 33.4 Å². The first-order valence-electron chi connectivity index (χ1n) is 7.72. The average Bonchev–Trinajstić information content (AvgIpc) is 3.04. The predicted molar refractivity (Wildman–Crippen MR) is 100 cm³/mol. The Balaban J connectivity index is 1.70. The number of nitrogens with zero attached hydrogens (tertiary/aromatic N) is 3. The number of para-hydroxylation sites is 1. The Hall–Kier alpha value is -1.49. The molecule has 0 radical (unpaired) electrons. The maximum atomic E-state index is 6.14. The smallest absolute Gasteiger partial charge is 0.196 e. The maximum Gasteiger partial charge on any atom is 0.196 e. The monoisotopic (exact) mass is 375 g/mol. The first-order chi connectivity index (χ1) is 11.6. The van der Waals surface area contributed by atoms with Crippen molar-refractivity contribution in [3.8, 4) is 17.1 Å². The molecule has 3 aromatic rings. The van der Waals surface area contributed by atoms with E-state index in [1.54, 1.807) is 11.8 Å². The van der Waals surface area contributed by atoms with E-state index in [4.69, 9.17) is 23.2 Å². The number of hydrogen-bond donors (Lipinski definition) is 0. The van der Waals surface area contributed by atoms with Crippen molar-refractivity contribution in [2.75, 3.05) is 5.75 Å². The molecule has 4 rings (SSSR count). The molecule has 0 amide bonds. The second kappa shape index (κ2) is 6.43. The largest absolute Gasteiger partial charge is 0.270 e. The lowest BCUT2D eigenvalue weighted by Gasteiger charge is -2.10. The zero-order valence-corrected chi connectivity index (χ0v) is 15.1. The van der Waals surface area contributed by atoms with Crippen LogP contribution in [0.4, 0.5) is 0 Å². The Kier molecular flexibility index (Phi) is 4.29. The van der Waals surface area contributed by atoms with E-state index in [-0.39, 0.29) is 0 Å². The van der Waals surface area contributed by atoms with E-state index in [1.807, 2.05) is 48.5 Å². The average molecular weight is 376 g/mol. The van der Waals surface area contributed by atoms with Crippen molar-refractivity contribution in [2.24, 2.45) is 5.92 Å². The van der Waals surface area contributed by atoms with E-state index in [9.17, 15) is 0 Å². The molecule has 1 aromatic heterocycles. The zero-order valence-electron chi connectivity index (χ0n) is 12.8. The highest BCUT2D eigenvalue weighted by Crippen LogP contribution is 2.54. The molecule has 1 unspecified atom stereocenters. The lowest BCUT2D eigenvalue weighted by Crippen LogP contribution is -2.01. The van der Waals surface area contributed by atoms with E-state index in [2.05, 4.69) is 26.9 Å². The summed E-state index contributed by atoms with van der Waals surface area (Å²) in [4.78, 5) is 0. The highest BCUT2D eigenvalue weighted by molar-refractivity contribution is 7.99. The number of halogens is 2. The lowest BCUT2D eigenvalue weighted by atomic mass is 10.2. The predicted octanol–water partition coefficient (Wildman–Crippen LogP) is 5.22. The minimum absolute atomic E-state index is 0.312. The number of thioether (sulfide) groups is 1. The number of rotatable bonds is 5. The van der Waals surface area contributed by atoms with Gasteiger partial charge in [0.1, 0.15) is 4.33 Å². The summed E-state index contributed by atoms with van der Waals surface area (Å²) in [6.07, 6.45) is 0.841. The summed E-state index contributed by atoms with van der Waals surface area (Å²) in [7, 11) is 0. The van der Waals surface area contributed by atoms with Crippen LogP contribution < -0.4 is 0 Å². The Labute approximate surface area is 155 Å². The van der Waals surface area contributed by atoms with Gasteiger partial charge in [0, 0.05) is 22.9 Å². The van der Waals surface area contributed by atoms with Crippen LogP contribution in [0.2, 0.25) is 0 Å². The standard InChI is InChI=1S/C18H15Cl2N3S/c19-18(20)11-14(18)12-24-17-22-21-16(13-7-3-1-4-8-13)23(17)15-9-5-2-6-10-15/h1-10,14H,11-12H2. The summed E-state index contributed by atoms with van der Waals surface area (Å²) in [5, 5.41) is 9.69. The van der Waals surface area contributed by atoms with Crippen LogP contribution in [0.3, 0.4) is 0 Å².